The van der Waals surface area contributed by atoms with Crippen LogP contribution in [0.15, 0.2) is 33.5 Å². The fourth-order valence-corrected chi connectivity index (χ4v) is 5.47. The lowest BCUT2D eigenvalue weighted by Gasteiger charge is -2.39. The van der Waals surface area contributed by atoms with Crippen molar-refractivity contribution in [3.63, 3.8) is 0 Å². The van der Waals surface area contributed by atoms with Crippen molar-refractivity contribution in [2.45, 2.75) is 58.5 Å². The van der Waals surface area contributed by atoms with E-state index in [1.54, 1.807) is 6.07 Å². The van der Waals surface area contributed by atoms with Crippen LogP contribution in [0.1, 0.15) is 54.8 Å². The predicted molar refractivity (Wildman–Crippen MR) is 119 cm³/mol. The molecular formula is C23H28N2O3S. The van der Waals surface area contributed by atoms with Crippen molar-refractivity contribution in [1.29, 1.82) is 0 Å². The van der Waals surface area contributed by atoms with Gasteiger partial charge in [-0.3, -0.25) is 9.69 Å². The van der Waals surface area contributed by atoms with Gasteiger partial charge in [-0.25, -0.2) is 4.79 Å². The van der Waals surface area contributed by atoms with E-state index in [-0.39, 0.29) is 11.5 Å². The summed E-state index contributed by atoms with van der Waals surface area (Å²) in [6.07, 6.45) is 4.75. The van der Waals surface area contributed by atoms with Gasteiger partial charge in [0, 0.05) is 30.6 Å². The summed E-state index contributed by atoms with van der Waals surface area (Å²) in [7, 11) is 0. The Morgan fingerprint density at radius 2 is 1.97 bits per heavy atom. The lowest BCUT2D eigenvalue weighted by molar-refractivity contribution is 0.0929. The minimum Gasteiger partial charge on any atom is -0.422 e. The van der Waals surface area contributed by atoms with Gasteiger partial charge < -0.3 is 9.73 Å². The Balaban J connectivity index is 1.45. The van der Waals surface area contributed by atoms with Crippen molar-refractivity contribution in [2.24, 2.45) is 0 Å². The number of carbonyl (C=O) groups is 1. The monoisotopic (exact) mass is 412 g/mol. The number of nitrogens with zero attached hydrogens (tertiary/aromatic N) is 1. The standard InChI is InChI=1S/C23H28N2O3S/c1-14-8-9-19-17(12-14)21-18(23(27)28-19)13-20(29-21)22(26)24-10-5-11-25-15(2)6-4-7-16(25)3/h8-9,12-13,15-16H,4-7,10-11H2,1-3H3,(H,24,26)/t15-,16-/m1/s1. The van der Waals surface area contributed by atoms with Gasteiger partial charge in [-0.05, 0) is 58.2 Å². The molecule has 154 valence electrons. The Hall–Kier alpha value is -2.18. The normalized spacial score (nSPS) is 20.4. The average molecular weight is 413 g/mol. The fraction of sp³-hybridized carbons (Fsp3) is 0.478. The summed E-state index contributed by atoms with van der Waals surface area (Å²) in [6.45, 7) is 8.23. The molecule has 3 heterocycles. The molecule has 0 unspecified atom stereocenters. The van der Waals surface area contributed by atoms with E-state index in [4.69, 9.17) is 4.42 Å². The third-order valence-corrected chi connectivity index (χ3v) is 7.18. The number of benzene rings is 1. The molecule has 2 aromatic heterocycles. The number of hydrogen-bond donors (Lipinski definition) is 1. The van der Waals surface area contributed by atoms with E-state index in [0.717, 1.165) is 28.6 Å². The van der Waals surface area contributed by atoms with E-state index >= 15 is 0 Å². The number of thiophene rings is 1. The molecule has 2 atom stereocenters. The van der Waals surface area contributed by atoms with E-state index in [0.29, 0.717) is 34.5 Å². The molecule has 1 N–H and O–H groups in total. The van der Waals surface area contributed by atoms with Crippen molar-refractivity contribution in [3.8, 4) is 0 Å². The van der Waals surface area contributed by atoms with Crippen LogP contribution in [-0.2, 0) is 0 Å². The molecule has 3 aromatic rings. The van der Waals surface area contributed by atoms with E-state index in [1.807, 2.05) is 25.1 Å². The number of nitrogens with one attached hydrogen (secondary N) is 1. The number of aryl methyl sites for hydroxylation is 1. The van der Waals surface area contributed by atoms with Crippen LogP contribution in [-0.4, -0.2) is 36.0 Å². The Kier molecular flexibility index (Phi) is 5.74. The number of fused-ring (bicyclic) bond motifs is 3. The molecule has 5 nitrogen and oxygen atoms in total. The topological polar surface area (TPSA) is 62.6 Å². The molecule has 1 fully saturated rings. The van der Waals surface area contributed by atoms with Crippen LogP contribution in [0.3, 0.4) is 0 Å². The van der Waals surface area contributed by atoms with E-state index in [9.17, 15) is 9.59 Å². The lowest BCUT2D eigenvalue weighted by atomic mass is 9.97. The molecule has 0 radical (unpaired) electrons. The van der Waals surface area contributed by atoms with Crippen LogP contribution in [0.25, 0.3) is 21.1 Å². The summed E-state index contributed by atoms with van der Waals surface area (Å²) < 4.78 is 6.24. The Labute approximate surface area is 174 Å². The van der Waals surface area contributed by atoms with Crippen molar-refractivity contribution in [1.82, 2.24) is 10.2 Å². The summed E-state index contributed by atoms with van der Waals surface area (Å²) in [5.74, 6) is -0.119. The van der Waals surface area contributed by atoms with E-state index in [2.05, 4.69) is 24.1 Å². The van der Waals surface area contributed by atoms with Gasteiger partial charge >= 0.3 is 5.63 Å². The number of hydrogen-bond acceptors (Lipinski definition) is 5. The maximum atomic E-state index is 12.7. The van der Waals surface area contributed by atoms with Crippen molar-refractivity contribution in [3.05, 3.63) is 45.1 Å². The van der Waals surface area contributed by atoms with Gasteiger partial charge in [-0.2, -0.15) is 0 Å². The Bertz CT molecular complexity index is 1090. The second-order valence-electron chi connectivity index (χ2n) is 8.22. The van der Waals surface area contributed by atoms with Crippen LogP contribution in [0, 0.1) is 6.92 Å². The van der Waals surface area contributed by atoms with E-state index in [1.165, 1.54) is 30.6 Å². The van der Waals surface area contributed by atoms with Gasteiger partial charge in [0.25, 0.3) is 5.91 Å². The van der Waals surface area contributed by atoms with Crippen molar-refractivity contribution in [2.75, 3.05) is 13.1 Å². The summed E-state index contributed by atoms with van der Waals surface area (Å²) in [5.41, 5.74) is 1.26. The first-order valence-corrected chi connectivity index (χ1v) is 11.3. The van der Waals surface area contributed by atoms with Gasteiger partial charge in [0.05, 0.1) is 15.0 Å². The van der Waals surface area contributed by atoms with Crippen LogP contribution in [0.2, 0.25) is 0 Å². The van der Waals surface area contributed by atoms with Gasteiger partial charge in [0.15, 0.2) is 0 Å². The predicted octanol–water partition coefficient (Wildman–Crippen LogP) is 4.70. The highest BCUT2D eigenvalue weighted by Crippen LogP contribution is 2.31. The lowest BCUT2D eigenvalue weighted by Crippen LogP contribution is -2.44. The first-order chi connectivity index (χ1) is 13.9. The highest BCUT2D eigenvalue weighted by Gasteiger charge is 2.24. The smallest absolute Gasteiger partial charge is 0.345 e. The Morgan fingerprint density at radius 3 is 2.72 bits per heavy atom. The largest absolute Gasteiger partial charge is 0.422 e. The van der Waals surface area contributed by atoms with E-state index < -0.39 is 0 Å². The molecule has 1 aliphatic rings. The summed E-state index contributed by atoms with van der Waals surface area (Å²) in [6, 6.07) is 8.63. The maximum absolute atomic E-state index is 12.7. The van der Waals surface area contributed by atoms with Gasteiger partial charge in [0.2, 0.25) is 0 Å². The number of rotatable bonds is 5. The minimum absolute atomic E-state index is 0.119. The molecule has 0 saturated carbocycles. The molecule has 29 heavy (non-hydrogen) atoms. The SMILES string of the molecule is Cc1ccc2oc(=O)c3cc(C(=O)NCCCN4[C@H](C)CCC[C@H]4C)sc3c2c1. The Morgan fingerprint density at radius 1 is 1.21 bits per heavy atom. The second kappa shape index (κ2) is 8.28. The minimum atomic E-state index is -0.389. The molecule has 0 spiro atoms. The molecule has 0 aliphatic carbocycles. The van der Waals surface area contributed by atoms with Crippen LogP contribution in [0.4, 0.5) is 0 Å². The van der Waals surface area contributed by atoms with Crippen LogP contribution < -0.4 is 10.9 Å². The van der Waals surface area contributed by atoms with Crippen LogP contribution >= 0.6 is 11.3 Å². The molecule has 1 amide bonds. The third kappa shape index (κ3) is 4.09. The van der Waals surface area contributed by atoms with Gasteiger partial charge in [-0.15, -0.1) is 11.3 Å². The van der Waals surface area contributed by atoms with Gasteiger partial charge in [-0.1, -0.05) is 18.1 Å². The summed E-state index contributed by atoms with van der Waals surface area (Å²) in [5, 5.41) is 4.39. The number of amides is 1. The molecular weight excluding hydrogens is 384 g/mol. The van der Waals surface area contributed by atoms with Crippen molar-refractivity contribution >= 4 is 38.3 Å². The zero-order chi connectivity index (χ0) is 20.5. The second-order valence-corrected chi connectivity index (χ2v) is 9.27. The third-order valence-electron chi connectivity index (χ3n) is 6.01. The van der Waals surface area contributed by atoms with Gasteiger partial charge in [0.1, 0.15) is 5.58 Å². The number of likely N-dealkylation sites (tertiary alicyclic amines) is 1. The summed E-state index contributed by atoms with van der Waals surface area (Å²) in [4.78, 5) is 28.1. The molecule has 4 rings (SSSR count). The maximum Gasteiger partial charge on any atom is 0.345 e. The van der Waals surface area contributed by atoms with Crippen molar-refractivity contribution < 1.29 is 9.21 Å². The molecule has 1 saturated heterocycles. The highest BCUT2D eigenvalue weighted by molar-refractivity contribution is 7.21. The van der Waals surface area contributed by atoms with Crippen LogP contribution in [0.5, 0.6) is 0 Å². The number of piperidine rings is 1. The number of carbonyl (C=O) groups excluding carboxylic acids is 1. The molecule has 1 aliphatic heterocycles. The quantitative estimate of drug-likeness (QED) is 0.487. The zero-order valence-corrected chi connectivity index (χ0v) is 18.1. The first-order valence-electron chi connectivity index (χ1n) is 10.4. The average Bonchev–Trinajstić information content (AvgIpc) is 3.14. The summed E-state index contributed by atoms with van der Waals surface area (Å²) >= 11 is 1.36. The molecule has 0 bridgehead atoms. The fourth-order valence-electron chi connectivity index (χ4n) is 4.39. The first kappa shape index (κ1) is 20.1. The zero-order valence-electron chi connectivity index (χ0n) is 17.3. The molecule has 6 heteroatoms. The highest BCUT2D eigenvalue weighted by atomic mass is 32.1. The molecule has 1 aromatic carbocycles.